The van der Waals surface area contributed by atoms with Crippen LogP contribution in [0, 0.1) is 0 Å². The van der Waals surface area contributed by atoms with Crippen molar-refractivity contribution in [2.75, 3.05) is 0 Å². The van der Waals surface area contributed by atoms with Gasteiger partial charge in [0.15, 0.2) is 0 Å². The average molecular weight is 480 g/mol. The summed E-state index contributed by atoms with van der Waals surface area (Å²) in [6.07, 6.45) is 3.11. The third-order valence-electron chi connectivity index (χ3n) is 3.08. The highest BCUT2D eigenvalue weighted by Gasteiger charge is 2.05. The predicted octanol–water partition coefficient (Wildman–Crippen LogP) is 3.59. The lowest BCUT2D eigenvalue weighted by molar-refractivity contribution is -0.126. The number of hydrazone groups is 2. The van der Waals surface area contributed by atoms with Crippen molar-refractivity contribution in [1.82, 2.24) is 10.9 Å². The van der Waals surface area contributed by atoms with Crippen LogP contribution in [0.3, 0.4) is 0 Å². The summed E-state index contributed by atoms with van der Waals surface area (Å²) < 4.78 is 1.85. The van der Waals surface area contributed by atoms with Crippen LogP contribution in [0.25, 0.3) is 0 Å². The van der Waals surface area contributed by atoms with Crippen LogP contribution in [0.1, 0.15) is 24.0 Å². The molecule has 0 heterocycles. The van der Waals surface area contributed by atoms with E-state index in [0.717, 1.165) is 20.1 Å². The maximum absolute atomic E-state index is 11.7. The van der Waals surface area contributed by atoms with E-state index in [2.05, 4.69) is 52.9 Å². The average Bonchev–Trinajstić information content (AvgIpc) is 2.60. The zero-order valence-corrected chi connectivity index (χ0v) is 16.8. The predicted molar refractivity (Wildman–Crippen MR) is 109 cm³/mol. The molecule has 0 bridgehead atoms. The van der Waals surface area contributed by atoms with Gasteiger partial charge in [-0.2, -0.15) is 10.2 Å². The molecule has 0 atom stereocenters. The molecule has 2 rings (SSSR count). The second kappa shape index (κ2) is 10.6. The molecule has 0 unspecified atom stereocenters. The quantitative estimate of drug-likeness (QED) is 0.469. The molecule has 0 fully saturated rings. The second-order valence-electron chi connectivity index (χ2n) is 5.20. The molecule has 0 aliphatic heterocycles. The number of nitrogens with zero attached hydrogens (tertiary/aromatic N) is 2. The molecule has 0 aliphatic carbocycles. The van der Waals surface area contributed by atoms with Gasteiger partial charge in [-0.25, -0.2) is 10.9 Å². The molecule has 0 saturated carbocycles. The van der Waals surface area contributed by atoms with E-state index in [1.54, 1.807) is 0 Å². The van der Waals surface area contributed by atoms with Crippen LogP contribution < -0.4 is 10.9 Å². The van der Waals surface area contributed by atoms with E-state index in [-0.39, 0.29) is 24.7 Å². The number of hydrogen-bond acceptors (Lipinski definition) is 4. The maximum Gasteiger partial charge on any atom is 0.240 e. The van der Waals surface area contributed by atoms with Crippen LogP contribution in [-0.2, 0) is 9.59 Å². The lowest BCUT2D eigenvalue weighted by Crippen LogP contribution is -2.22. The summed E-state index contributed by atoms with van der Waals surface area (Å²) in [5, 5.41) is 7.72. The molecule has 0 aromatic heterocycles. The van der Waals surface area contributed by atoms with Crippen molar-refractivity contribution < 1.29 is 9.59 Å². The van der Waals surface area contributed by atoms with Gasteiger partial charge in [0.25, 0.3) is 0 Å². The van der Waals surface area contributed by atoms with E-state index in [1.165, 1.54) is 12.4 Å². The number of halogens is 2. The van der Waals surface area contributed by atoms with E-state index in [0.29, 0.717) is 0 Å². The first kappa shape index (κ1) is 20.0. The van der Waals surface area contributed by atoms with Gasteiger partial charge in [-0.15, -0.1) is 0 Å². The number of benzene rings is 2. The first-order chi connectivity index (χ1) is 12.5. The highest BCUT2D eigenvalue weighted by Crippen LogP contribution is 2.10. The molecule has 6 nitrogen and oxygen atoms in total. The number of carbonyl (C=O) groups is 2. The Bertz CT molecular complexity index is 768. The van der Waals surface area contributed by atoms with E-state index in [4.69, 9.17) is 0 Å². The largest absolute Gasteiger partial charge is 0.273 e. The molecule has 0 aliphatic rings. The van der Waals surface area contributed by atoms with Crippen molar-refractivity contribution in [3.63, 3.8) is 0 Å². The number of carbonyl (C=O) groups excluding carboxylic acids is 2. The molecule has 2 aromatic rings. The van der Waals surface area contributed by atoms with Gasteiger partial charge in [0.2, 0.25) is 11.8 Å². The molecule has 8 heteroatoms. The van der Waals surface area contributed by atoms with Gasteiger partial charge < -0.3 is 0 Å². The van der Waals surface area contributed by atoms with Crippen LogP contribution in [0.4, 0.5) is 0 Å². The lowest BCUT2D eigenvalue weighted by Gasteiger charge is -2.00. The van der Waals surface area contributed by atoms with Gasteiger partial charge in [-0.05, 0) is 35.4 Å². The maximum atomic E-state index is 11.7. The van der Waals surface area contributed by atoms with Crippen molar-refractivity contribution in [1.29, 1.82) is 0 Å². The van der Waals surface area contributed by atoms with Gasteiger partial charge in [0.1, 0.15) is 0 Å². The normalized spacial score (nSPS) is 11.0. The summed E-state index contributed by atoms with van der Waals surface area (Å²) in [6.45, 7) is 0. The van der Waals surface area contributed by atoms with Crippen LogP contribution in [0.5, 0.6) is 0 Å². The Labute approximate surface area is 168 Å². The van der Waals surface area contributed by atoms with Gasteiger partial charge in [-0.1, -0.05) is 56.1 Å². The van der Waals surface area contributed by atoms with Gasteiger partial charge in [-0.3, -0.25) is 9.59 Å². The summed E-state index contributed by atoms with van der Waals surface area (Å²) in [7, 11) is 0. The summed E-state index contributed by atoms with van der Waals surface area (Å²) in [5.41, 5.74) is 6.46. The third kappa shape index (κ3) is 7.71. The summed E-state index contributed by atoms with van der Waals surface area (Å²) in [5.74, 6) is -0.690. The fourth-order valence-electron chi connectivity index (χ4n) is 1.87. The number of hydrogen-bond donors (Lipinski definition) is 2. The molecule has 134 valence electrons. The monoisotopic (exact) mass is 478 g/mol. The molecule has 2 N–H and O–H groups in total. The third-order valence-corrected chi connectivity index (χ3v) is 4.07. The Hall–Kier alpha value is -2.32. The zero-order chi connectivity index (χ0) is 18.8. The zero-order valence-electron chi connectivity index (χ0n) is 13.7. The topological polar surface area (TPSA) is 82.9 Å². The molecule has 0 radical (unpaired) electrons. The van der Waals surface area contributed by atoms with Crippen LogP contribution in [-0.4, -0.2) is 24.2 Å². The van der Waals surface area contributed by atoms with Crippen molar-refractivity contribution in [3.05, 3.63) is 68.6 Å². The molecular formula is C18H16Br2N4O2. The van der Waals surface area contributed by atoms with Crippen LogP contribution in [0.2, 0.25) is 0 Å². The summed E-state index contributed by atoms with van der Waals surface area (Å²) in [4.78, 5) is 23.4. The Morgan fingerprint density at radius 2 is 1.23 bits per heavy atom. The fraction of sp³-hybridized carbons (Fsp3) is 0.111. The van der Waals surface area contributed by atoms with E-state index in [1.807, 2.05) is 48.5 Å². The number of rotatable bonds is 7. The highest BCUT2D eigenvalue weighted by atomic mass is 79.9. The van der Waals surface area contributed by atoms with Gasteiger partial charge in [0.05, 0.1) is 12.4 Å². The highest BCUT2D eigenvalue weighted by molar-refractivity contribution is 9.10. The molecular weight excluding hydrogens is 464 g/mol. The lowest BCUT2D eigenvalue weighted by atomic mass is 10.2. The van der Waals surface area contributed by atoms with E-state index in [9.17, 15) is 9.59 Å². The SMILES string of the molecule is O=C(CCC(=O)NN=Cc1cccc(Br)c1)NN=Cc1cccc(Br)c1. The van der Waals surface area contributed by atoms with Crippen molar-refractivity contribution in [2.45, 2.75) is 12.8 Å². The summed E-state index contributed by atoms with van der Waals surface area (Å²) in [6, 6.07) is 15.0. The van der Waals surface area contributed by atoms with Crippen molar-refractivity contribution >= 4 is 56.1 Å². The minimum atomic E-state index is -0.345. The smallest absolute Gasteiger partial charge is 0.240 e. The fourth-order valence-corrected chi connectivity index (χ4v) is 2.70. The Morgan fingerprint density at radius 3 is 1.62 bits per heavy atom. The van der Waals surface area contributed by atoms with Crippen molar-refractivity contribution in [3.8, 4) is 0 Å². The standard InChI is InChI=1S/C18H16Br2N4O2/c19-15-5-1-3-13(9-15)11-21-23-17(25)7-8-18(26)24-22-12-14-4-2-6-16(20)10-14/h1-6,9-12H,7-8H2,(H,23,25)(H,24,26). The minimum Gasteiger partial charge on any atom is -0.273 e. The first-order valence-electron chi connectivity index (χ1n) is 7.68. The van der Waals surface area contributed by atoms with Crippen LogP contribution in [0.15, 0.2) is 67.7 Å². The van der Waals surface area contributed by atoms with E-state index >= 15 is 0 Å². The molecule has 2 amide bonds. The molecule has 26 heavy (non-hydrogen) atoms. The summed E-state index contributed by atoms with van der Waals surface area (Å²) >= 11 is 6.71. The minimum absolute atomic E-state index is 0.0219. The van der Waals surface area contributed by atoms with E-state index < -0.39 is 0 Å². The van der Waals surface area contributed by atoms with Crippen molar-refractivity contribution in [2.24, 2.45) is 10.2 Å². The Kier molecular flexibility index (Phi) is 8.17. The number of amides is 2. The van der Waals surface area contributed by atoms with Crippen LogP contribution >= 0.6 is 31.9 Å². The van der Waals surface area contributed by atoms with Gasteiger partial charge in [0, 0.05) is 21.8 Å². The molecule has 0 spiro atoms. The molecule has 0 saturated heterocycles. The Morgan fingerprint density at radius 1 is 0.808 bits per heavy atom. The number of nitrogens with one attached hydrogen (secondary N) is 2. The Balaban J connectivity index is 1.69. The van der Waals surface area contributed by atoms with Gasteiger partial charge >= 0.3 is 0 Å². The first-order valence-corrected chi connectivity index (χ1v) is 9.26. The molecule has 2 aromatic carbocycles. The second-order valence-corrected chi connectivity index (χ2v) is 7.03.